The zero-order valence-electron chi connectivity index (χ0n) is 13.4. The summed E-state index contributed by atoms with van der Waals surface area (Å²) in [4.78, 5) is 25.4. The standard InChI is InChI=1S/C18H24N2O2/c1-3-5-11-19-15-16(20-12-6-4-2)18(22)14-10-8-7-9-13(14)17(15)21/h7-10,19-20H,3-6,11-12H2,1-2H3. The van der Waals surface area contributed by atoms with E-state index in [-0.39, 0.29) is 11.6 Å². The van der Waals surface area contributed by atoms with E-state index in [1.165, 1.54) is 0 Å². The summed E-state index contributed by atoms with van der Waals surface area (Å²) in [5, 5.41) is 6.33. The normalized spacial score (nSPS) is 14.1. The van der Waals surface area contributed by atoms with Crippen molar-refractivity contribution in [1.82, 2.24) is 10.6 Å². The molecule has 4 heteroatoms. The highest BCUT2D eigenvalue weighted by Gasteiger charge is 2.31. The summed E-state index contributed by atoms with van der Waals surface area (Å²) in [6, 6.07) is 7.03. The maximum Gasteiger partial charge on any atom is 0.211 e. The van der Waals surface area contributed by atoms with Crippen LogP contribution in [0.3, 0.4) is 0 Å². The average molecular weight is 300 g/mol. The number of hydrogen-bond donors (Lipinski definition) is 2. The van der Waals surface area contributed by atoms with E-state index in [0.717, 1.165) is 25.7 Å². The van der Waals surface area contributed by atoms with Crippen molar-refractivity contribution >= 4 is 11.6 Å². The minimum Gasteiger partial charge on any atom is -0.380 e. The molecule has 2 rings (SSSR count). The lowest BCUT2D eigenvalue weighted by Gasteiger charge is -2.22. The van der Waals surface area contributed by atoms with Gasteiger partial charge in [-0.05, 0) is 12.8 Å². The molecule has 0 atom stereocenters. The average Bonchev–Trinajstić information content (AvgIpc) is 2.54. The molecule has 0 amide bonds. The van der Waals surface area contributed by atoms with Crippen LogP contribution in [-0.4, -0.2) is 24.7 Å². The topological polar surface area (TPSA) is 58.2 Å². The first-order valence-corrected chi connectivity index (χ1v) is 8.11. The van der Waals surface area contributed by atoms with Crippen LogP contribution < -0.4 is 10.6 Å². The number of unbranched alkanes of at least 4 members (excludes halogenated alkanes) is 2. The highest BCUT2D eigenvalue weighted by molar-refractivity contribution is 6.26. The van der Waals surface area contributed by atoms with E-state index in [9.17, 15) is 9.59 Å². The van der Waals surface area contributed by atoms with Crippen molar-refractivity contribution in [3.05, 3.63) is 46.8 Å². The number of carbonyl (C=O) groups excluding carboxylic acids is 2. The smallest absolute Gasteiger partial charge is 0.211 e. The minimum absolute atomic E-state index is 0.0923. The first-order chi connectivity index (χ1) is 10.7. The van der Waals surface area contributed by atoms with E-state index in [0.29, 0.717) is 35.6 Å². The van der Waals surface area contributed by atoms with Crippen LogP contribution in [0.4, 0.5) is 0 Å². The van der Waals surface area contributed by atoms with E-state index in [2.05, 4.69) is 24.5 Å². The van der Waals surface area contributed by atoms with Crippen LogP contribution in [0.15, 0.2) is 35.7 Å². The van der Waals surface area contributed by atoms with Gasteiger partial charge in [0, 0.05) is 24.2 Å². The highest BCUT2D eigenvalue weighted by Crippen LogP contribution is 2.23. The Hall–Kier alpha value is -2.10. The Bertz CT molecular complexity index is 540. The molecule has 0 bridgehead atoms. The Kier molecular flexibility index (Phi) is 5.75. The fraction of sp³-hybridized carbons (Fsp3) is 0.444. The van der Waals surface area contributed by atoms with Gasteiger partial charge in [-0.1, -0.05) is 51.0 Å². The summed E-state index contributed by atoms with van der Waals surface area (Å²) < 4.78 is 0. The van der Waals surface area contributed by atoms with Crippen LogP contribution in [0.5, 0.6) is 0 Å². The molecule has 0 radical (unpaired) electrons. The van der Waals surface area contributed by atoms with E-state index in [1.54, 1.807) is 24.3 Å². The van der Waals surface area contributed by atoms with Crippen LogP contribution >= 0.6 is 0 Å². The number of allylic oxidation sites excluding steroid dienone is 2. The van der Waals surface area contributed by atoms with Gasteiger partial charge in [-0.2, -0.15) is 0 Å². The Labute approximate surface area is 132 Å². The Balaban J connectivity index is 2.32. The summed E-state index contributed by atoms with van der Waals surface area (Å²) in [7, 11) is 0. The molecule has 0 unspecified atom stereocenters. The summed E-state index contributed by atoms with van der Waals surface area (Å²) in [6.07, 6.45) is 4.01. The number of fused-ring (bicyclic) bond motifs is 1. The third-order valence-electron chi connectivity index (χ3n) is 3.78. The lowest BCUT2D eigenvalue weighted by Crippen LogP contribution is -2.36. The van der Waals surface area contributed by atoms with Gasteiger partial charge in [-0.15, -0.1) is 0 Å². The Morgan fingerprint density at radius 3 is 1.55 bits per heavy atom. The second-order valence-corrected chi connectivity index (χ2v) is 5.51. The maximum absolute atomic E-state index is 12.7. The number of rotatable bonds is 8. The van der Waals surface area contributed by atoms with Gasteiger partial charge in [-0.25, -0.2) is 0 Å². The third kappa shape index (κ3) is 3.38. The van der Waals surface area contributed by atoms with Crippen LogP contribution in [-0.2, 0) is 0 Å². The van der Waals surface area contributed by atoms with Gasteiger partial charge < -0.3 is 10.6 Å². The molecule has 0 saturated heterocycles. The van der Waals surface area contributed by atoms with Crippen LogP contribution in [0.1, 0.15) is 60.2 Å². The quantitative estimate of drug-likeness (QED) is 0.724. The number of ketones is 2. The maximum atomic E-state index is 12.7. The van der Waals surface area contributed by atoms with Crippen LogP contribution in [0.2, 0.25) is 0 Å². The molecular formula is C18H24N2O2. The van der Waals surface area contributed by atoms with Crippen molar-refractivity contribution in [2.75, 3.05) is 13.1 Å². The Morgan fingerprint density at radius 2 is 1.18 bits per heavy atom. The predicted octanol–water partition coefficient (Wildman–Crippen LogP) is 3.06. The third-order valence-corrected chi connectivity index (χ3v) is 3.78. The lowest BCUT2D eigenvalue weighted by molar-refractivity contribution is 0.0962. The van der Waals surface area contributed by atoms with Crippen LogP contribution in [0, 0.1) is 0 Å². The molecule has 1 aromatic rings. The molecular weight excluding hydrogens is 276 g/mol. The molecule has 4 nitrogen and oxygen atoms in total. The van der Waals surface area contributed by atoms with Gasteiger partial charge in [0.2, 0.25) is 11.6 Å². The first-order valence-electron chi connectivity index (χ1n) is 8.11. The number of benzene rings is 1. The van der Waals surface area contributed by atoms with Crippen molar-refractivity contribution < 1.29 is 9.59 Å². The zero-order valence-corrected chi connectivity index (χ0v) is 13.4. The number of nitrogens with one attached hydrogen (secondary N) is 2. The number of hydrogen-bond acceptors (Lipinski definition) is 4. The van der Waals surface area contributed by atoms with Gasteiger partial charge in [-0.3, -0.25) is 9.59 Å². The van der Waals surface area contributed by atoms with Gasteiger partial charge in [0.1, 0.15) is 11.4 Å². The van der Waals surface area contributed by atoms with E-state index in [4.69, 9.17) is 0 Å². The van der Waals surface area contributed by atoms with Crippen molar-refractivity contribution in [3.63, 3.8) is 0 Å². The second-order valence-electron chi connectivity index (χ2n) is 5.51. The van der Waals surface area contributed by atoms with E-state index < -0.39 is 0 Å². The molecule has 2 N–H and O–H groups in total. The second kappa shape index (κ2) is 7.78. The van der Waals surface area contributed by atoms with Gasteiger partial charge in [0.05, 0.1) is 0 Å². The minimum atomic E-state index is -0.0923. The molecule has 0 spiro atoms. The fourth-order valence-corrected chi connectivity index (χ4v) is 2.49. The number of carbonyl (C=O) groups is 2. The summed E-state index contributed by atoms with van der Waals surface area (Å²) >= 11 is 0. The SMILES string of the molecule is CCCCNC1=C(NCCCC)C(=O)c2ccccc2C1=O. The molecule has 0 fully saturated rings. The largest absolute Gasteiger partial charge is 0.380 e. The fourth-order valence-electron chi connectivity index (χ4n) is 2.49. The lowest BCUT2D eigenvalue weighted by atomic mass is 9.90. The summed E-state index contributed by atoms with van der Waals surface area (Å²) in [5.74, 6) is -0.185. The van der Waals surface area contributed by atoms with Crippen molar-refractivity contribution in [2.24, 2.45) is 0 Å². The highest BCUT2D eigenvalue weighted by atomic mass is 16.1. The Morgan fingerprint density at radius 1 is 0.773 bits per heavy atom. The molecule has 118 valence electrons. The first kappa shape index (κ1) is 16.3. The molecule has 22 heavy (non-hydrogen) atoms. The van der Waals surface area contributed by atoms with E-state index >= 15 is 0 Å². The number of Topliss-reactive ketones (excluding diaryl/α,β-unsaturated/α-hetero) is 2. The predicted molar refractivity (Wildman–Crippen MR) is 88.0 cm³/mol. The van der Waals surface area contributed by atoms with Crippen LogP contribution in [0.25, 0.3) is 0 Å². The monoisotopic (exact) mass is 300 g/mol. The summed E-state index contributed by atoms with van der Waals surface area (Å²) in [5.41, 5.74) is 1.83. The van der Waals surface area contributed by atoms with Gasteiger partial charge >= 0.3 is 0 Å². The molecule has 1 aromatic carbocycles. The van der Waals surface area contributed by atoms with Crippen molar-refractivity contribution in [1.29, 1.82) is 0 Å². The summed E-state index contributed by atoms with van der Waals surface area (Å²) in [6.45, 7) is 5.59. The molecule has 0 aliphatic heterocycles. The molecule has 0 saturated carbocycles. The van der Waals surface area contributed by atoms with Crippen molar-refractivity contribution in [3.8, 4) is 0 Å². The van der Waals surface area contributed by atoms with Crippen molar-refractivity contribution in [2.45, 2.75) is 39.5 Å². The van der Waals surface area contributed by atoms with Gasteiger partial charge in [0.25, 0.3) is 0 Å². The van der Waals surface area contributed by atoms with E-state index in [1.807, 2.05) is 0 Å². The van der Waals surface area contributed by atoms with Gasteiger partial charge in [0.15, 0.2) is 0 Å². The molecule has 0 aromatic heterocycles. The molecule has 1 aliphatic carbocycles. The molecule has 0 heterocycles. The molecule has 1 aliphatic rings. The zero-order chi connectivity index (χ0) is 15.9.